The molecule has 1 aliphatic rings. The molecule has 1 fully saturated rings. The monoisotopic (exact) mass is 288 g/mol. The van der Waals surface area contributed by atoms with E-state index in [2.05, 4.69) is 9.97 Å². The first-order chi connectivity index (χ1) is 10.1. The van der Waals surface area contributed by atoms with E-state index in [0.29, 0.717) is 16.7 Å². The molecular formula is C13H12N4O4. The van der Waals surface area contributed by atoms with Gasteiger partial charge in [-0.05, 0) is 18.9 Å². The van der Waals surface area contributed by atoms with Gasteiger partial charge in [-0.25, -0.2) is 9.97 Å². The molecule has 1 N–H and O–H groups in total. The summed E-state index contributed by atoms with van der Waals surface area (Å²) in [6, 6.07) is 4.43. The van der Waals surface area contributed by atoms with Crippen LogP contribution in [0.3, 0.4) is 0 Å². The molecule has 0 aliphatic heterocycles. The van der Waals surface area contributed by atoms with Gasteiger partial charge in [0.1, 0.15) is 18.7 Å². The first-order valence-electron chi connectivity index (χ1n) is 6.44. The van der Waals surface area contributed by atoms with Crippen LogP contribution >= 0.6 is 0 Å². The van der Waals surface area contributed by atoms with E-state index < -0.39 is 10.9 Å². The van der Waals surface area contributed by atoms with Crippen molar-refractivity contribution < 1.29 is 14.8 Å². The summed E-state index contributed by atoms with van der Waals surface area (Å²) in [4.78, 5) is 31.4. The summed E-state index contributed by atoms with van der Waals surface area (Å²) in [6.45, 7) is -0.181. The molecular weight excluding hydrogens is 276 g/mol. The minimum atomic E-state index is -0.959. The van der Waals surface area contributed by atoms with Gasteiger partial charge in [-0.2, -0.15) is 0 Å². The lowest BCUT2D eigenvalue weighted by Gasteiger charge is -2.22. The Balaban J connectivity index is 2.13. The largest absolute Gasteiger partial charge is 0.480 e. The Labute approximate surface area is 119 Å². The van der Waals surface area contributed by atoms with Crippen LogP contribution in [0.2, 0.25) is 0 Å². The molecule has 0 unspecified atom stereocenters. The molecule has 21 heavy (non-hydrogen) atoms. The van der Waals surface area contributed by atoms with E-state index in [0.717, 1.165) is 12.8 Å². The lowest BCUT2D eigenvalue weighted by molar-refractivity contribution is -0.384. The van der Waals surface area contributed by atoms with Crippen LogP contribution in [0.25, 0.3) is 10.9 Å². The summed E-state index contributed by atoms with van der Waals surface area (Å²) in [5.41, 5.74) is 0.492. The Kier molecular flexibility index (Phi) is 3.13. The fourth-order valence-electron chi connectivity index (χ4n) is 2.28. The molecule has 0 atom stereocenters. The van der Waals surface area contributed by atoms with Crippen LogP contribution in [-0.4, -0.2) is 38.6 Å². The van der Waals surface area contributed by atoms with Crippen molar-refractivity contribution >= 4 is 28.4 Å². The number of nitro groups is 1. The molecule has 0 radical (unpaired) electrons. The fraction of sp³-hybridized carbons (Fsp3) is 0.308. The van der Waals surface area contributed by atoms with Crippen LogP contribution in [0.5, 0.6) is 0 Å². The second-order valence-electron chi connectivity index (χ2n) is 4.91. The standard InChI is InChI=1S/C13H12N4O4/c18-12(19)6-16(8-1-2-8)13-10-5-9(17(20)21)3-4-11(10)14-7-15-13/h3-5,7-8H,1-2,6H2,(H,18,19). The number of carboxylic acids is 1. The summed E-state index contributed by atoms with van der Waals surface area (Å²) in [5.74, 6) is -0.521. The van der Waals surface area contributed by atoms with E-state index in [4.69, 9.17) is 5.11 Å². The van der Waals surface area contributed by atoms with Crippen molar-refractivity contribution in [1.82, 2.24) is 9.97 Å². The van der Waals surface area contributed by atoms with Crippen molar-refractivity contribution in [2.75, 3.05) is 11.4 Å². The second-order valence-corrected chi connectivity index (χ2v) is 4.91. The molecule has 8 nitrogen and oxygen atoms in total. The van der Waals surface area contributed by atoms with E-state index in [-0.39, 0.29) is 18.3 Å². The van der Waals surface area contributed by atoms with E-state index in [1.807, 2.05) is 0 Å². The van der Waals surface area contributed by atoms with Crippen molar-refractivity contribution in [3.8, 4) is 0 Å². The summed E-state index contributed by atoms with van der Waals surface area (Å²) in [7, 11) is 0. The molecule has 0 saturated heterocycles. The van der Waals surface area contributed by atoms with E-state index in [1.165, 1.54) is 18.5 Å². The number of hydrogen-bond donors (Lipinski definition) is 1. The number of nitrogens with zero attached hydrogens (tertiary/aromatic N) is 4. The fourth-order valence-corrected chi connectivity index (χ4v) is 2.28. The first kappa shape index (κ1) is 13.2. The Morgan fingerprint density at radius 2 is 2.19 bits per heavy atom. The lowest BCUT2D eigenvalue weighted by Crippen LogP contribution is -2.32. The number of carbonyl (C=O) groups is 1. The summed E-state index contributed by atoms with van der Waals surface area (Å²) in [6.07, 6.45) is 3.14. The SMILES string of the molecule is O=C(O)CN(c1ncnc2ccc([N+](=O)[O-])cc12)C1CC1. The van der Waals surface area contributed by atoms with Gasteiger partial charge >= 0.3 is 5.97 Å². The molecule has 0 bridgehead atoms. The molecule has 0 spiro atoms. The highest BCUT2D eigenvalue weighted by molar-refractivity contribution is 5.92. The highest BCUT2D eigenvalue weighted by atomic mass is 16.6. The van der Waals surface area contributed by atoms with Crippen LogP contribution in [0.1, 0.15) is 12.8 Å². The number of hydrogen-bond acceptors (Lipinski definition) is 6. The molecule has 0 amide bonds. The van der Waals surface area contributed by atoms with Crippen molar-refractivity contribution in [1.29, 1.82) is 0 Å². The predicted octanol–water partition coefficient (Wildman–Crippen LogP) is 1.59. The molecule has 1 aromatic heterocycles. The number of benzene rings is 1. The number of nitro benzene ring substituents is 1. The normalized spacial score (nSPS) is 14.1. The average molecular weight is 288 g/mol. The van der Waals surface area contributed by atoms with Crippen LogP contribution in [0.4, 0.5) is 11.5 Å². The minimum absolute atomic E-state index is 0.0652. The van der Waals surface area contributed by atoms with Crippen LogP contribution in [0, 0.1) is 10.1 Å². The summed E-state index contributed by atoms with van der Waals surface area (Å²) in [5, 5.41) is 20.5. The Bertz CT molecular complexity index is 729. The number of carboxylic acid groups (broad SMARTS) is 1. The van der Waals surface area contributed by atoms with E-state index in [9.17, 15) is 14.9 Å². The van der Waals surface area contributed by atoms with Gasteiger partial charge in [-0.1, -0.05) is 0 Å². The highest BCUT2D eigenvalue weighted by Gasteiger charge is 2.32. The number of fused-ring (bicyclic) bond motifs is 1. The zero-order valence-corrected chi connectivity index (χ0v) is 11.0. The van der Waals surface area contributed by atoms with Crippen LogP contribution < -0.4 is 4.90 Å². The highest BCUT2D eigenvalue weighted by Crippen LogP contribution is 2.34. The topological polar surface area (TPSA) is 109 Å². The number of rotatable bonds is 5. The number of aliphatic carboxylic acids is 1. The van der Waals surface area contributed by atoms with Gasteiger partial charge in [0.05, 0.1) is 10.4 Å². The molecule has 2 aromatic rings. The van der Waals surface area contributed by atoms with Crippen molar-refractivity contribution in [3.05, 3.63) is 34.6 Å². The zero-order valence-electron chi connectivity index (χ0n) is 11.0. The Morgan fingerprint density at radius 3 is 2.81 bits per heavy atom. The summed E-state index contributed by atoms with van der Waals surface area (Å²) >= 11 is 0. The maximum absolute atomic E-state index is 11.0. The molecule has 3 rings (SSSR count). The average Bonchev–Trinajstić information content (AvgIpc) is 3.28. The molecule has 8 heteroatoms. The van der Waals surface area contributed by atoms with Gasteiger partial charge in [-0.15, -0.1) is 0 Å². The number of aromatic nitrogens is 2. The third-order valence-corrected chi connectivity index (χ3v) is 3.37. The molecule has 108 valence electrons. The quantitative estimate of drug-likeness (QED) is 0.657. The number of non-ortho nitro benzene ring substituents is 1. The predicted molar refractivity (Wildman–Crippen MR) is 74.2 cm³/mol. The van der Waals surface area contributed by atoms with Crippen LogP contribution in [-0.2, 0) is 4.79 Å². The maximum atomic E-state index is 11.0. The van der Waals surface area contributed by atoms with Gasteiger partial charge in [-0.3, -0.25) is 14.9 Å². The zero-order chi connectivity index (χ0) is 15.0. The van der Waals surface area contributed by atoms with Crippen LogP contribution in [0.15, 0.2) is 24.5 Å². The van der Waals surface area contributed by atoms with Crippen molar-refractivity contribution in [2.24, 2.45) is 0 Å². The lowest BCUT2D eigenvalue weighted by atomic mass is 10.2. The van der Waals surface area contributed by atoms with Gasteiger partial charge < -0.3 is 10.0 Å². The second kappa shape index (κ2) is 4.97. The van der Waals surface area contributed by atoms with E-state index in [1.54, 1.807) is 11.0 Å². The van der Waals surface area contributed by atoms with E-state index >= 15 is 0 Å². The van der Waals surface area contributed by atoms with Gasteiger partial charge in [0.15, 0.2) is 0 Å². The molecule has 1 aliphatic carbocycles. The number of anilines is 1. The Morgan fingerprint density at radius 1 is 1.43 bits per heavy atom. The smallest absolute Gasteiger partial charge is 0.323 e. The van der Waals surface area contributed by atoms with Gasteiger partial charge in [0.2, 0.25) is 0 Å². The minimum Gasteiger partial charge on any atom is -0.480 e. The van der Waals surface area contributed by atoms with Crippen molar-refractivity contribution in [2.45, 2.75) is 18.9 Å². The Hall–Kier alpha value is -2.77. The van der Waals surface area contributed by atoms with Gasteiger partial charge in [0.25, 0.3) is 5.69 Å². The van der Waals surface area contributed by atoms with Crippen molar-refractivity contribution in [3.63, 3.8) is 0 Å². The first-order valence-corrected chi connectivity index (χ1v) is 6.44. The third-order valence-electron chi connectivity index (χ3n) is 3.37. The summed E-state index contributed by atoms with van der Waals surface area (Å²) < 4.78 is 0. The molecule has 1 saturated carbocycles. The maximum Gasteiger partial charge on any atom is 0.323 e. The van der Waals surface area contributed by atoms with Gasteiger partial charge in [0, 0.05) is 23.6 Å². The third kappa shape index (κ3) is 2.60. The molecule has 1 heterocycles. The molecule has 1 aromatic carbocycles.